The quantitative estimate of drug-likeness (QED) is 0.780. The lowest BCUT2D eigenvalue weighted by atomic mass is 10.2. The smallest absolute Gasteiger partial charge is 0.340 e. The van der Waals surface area contributed by atoms with Crippen LogP contribution in [0, 0.1) is 5.82 Å². The molecule has 0 fully saturated rings. The number of nitrogens with one attached hydrogen (secondary N) is 1. The first-order valence-electron chi connectivity index (χ1n) is 7.84. The molecular formula is C18H18FNO5S. The van der Waals surface area contributed by atoms with Gasteiger partial charge in [0.15, 0.2) is 15.9 Å². The SMILES string of the molecule is CCS(=O)(=O)c1ccccc1C(=O)O[C@@H](C)C(=O)Nc1ccccc1F. The highest BCUT2D eigenvalue weighted by atomic mass is 32.2. The van der Waals surface area contributed by atoms with Crippen molar-refractivity contribution in [1.82, 2.24) is 0 Å². The molecule has 0 bridgehead atoms. The van der Waals surface area contributed by atoms with Crippen molar-refractivity contribution in [3.63, 3.8) is 0 Å². The Balaban J connectivity index is 2.15. The van der Waals surface area contributed by atoms with E-state index in [-0.39, 0.29) is 21.9 Å². The van der Waals surface area contributed by atoms with E-state index >= 15 is 0 Å². The average molecular weight is 379 g/mol. The van der Waals surface area contributed by atoms with Crippen molar-refractivity contribution in [3.05, 3.63) is 59.9 Å². The molecule has 0 saturated carbocycles. The van der Waals surface area contributed by atoms with Crippen LogP contribution in [0.1, 0.15) is 24.2 Å². The number of hydrogen-bond donors (Lipinski definition) is 1. The molecule has 2 aromatic carbocycles. The number of halogens is 1. The second kappa shape index (κ2) is 8.09. The van der Waals surface area contributed by atoms with E-state index in [0.717, 1.165) is 0 Å². The van der Waals surface area contributed by atoms with Crippen LogP contribution in [0.25, 0.3) is 0 Å². The normalized spacial score (nSPS) is 12.3. The van der Waals surface area contributed by atoms with Gasteiger partial charge in [-0.15, -0.1) is 0 Å². The number of ether oxygens (including phenoxy) is 1. The Hall–Kier alpha value is -2.74. The zero-order valence-corrected chi connectivity index (χ0v) is 15.0. The van der Waals surface area contributed by atoms with Crippen molar-refractivity contribution in [2.75, 3.05) is 11.1 Å². The Morgan fingerprint density at radius 1 is 1.12 bits per heavy atom. The van der Waals surface area contributed by atoms with E-state index in [1.165, 1.54) is 56.3 Å². The number of benzene rings is 2. The lowest BCUT2D eigenvalue weighted by molar-refractivity contribution is -0.123. The molecule has 0 spiro atoms. The summed E-state index contributed by atoms with van der Waals surface area (Å²) >= 11 is 0. The first-order valence-corrected chi connectivity index (χ1v) is 9.49. The Labute approximate surface area is 150 Å². The highest BCUT2D eigenvalue weighted by Crippen LogP contribution is 2.19. The van der Waals surface area contributed by atoms with Gasteiger partial charge in [0, 0.05) is 0 Å². The molecule has 1 N–H and O–H groups in total. The van der Waals surface area contributed by atoms with Crippen LogP contribution in [0.4, 0.5) is 10.1 Å². The van der Waals surface area contributed by atoms with Gasteiger partial charge in [0.1, 0.15) is 5.82 Å². The summed E-state index contributed by atoms with van der Waals surface area (Å²) in [4.78, 5) is 24.3. The van der Waals surface area contributed by atoms with Crippen LogP contribution >= 0.6 is 0 Å². The summed E-state index contributed by atoms with van der Waals surface area (Å²) < 4.78 is 42.8. The lowest BCUT2D eigenvalue weighted by Gasteiger charge is -2.15. The second-order valence-electron chi connectivity index (χ2n) is 5.42. The van der Waals surface area contributed by atoms with Gasteiger partial charge in [0.2, 0.25) is 0 Å². The number of carbonyl (C=O) groups excluding carboxylic acids is 2. The van der Waals surface area contributed by atoms with E-state index in [9.17, 15) is 22.4 Å². The van der Waals surface area contributed by atoms with Gasteiger partial charge in [-0.25, -0.2) is 17.6 Å². The summed E-state index contributed by atoms with van der Waals surface area (Å²) in [6.07, 6.45) is -1.25. The molecule has 8 heteroatoms. The number of carbonyl (C=O) groups is 2. The predicted molar refractivity (Wildman–Crippen MR) is 94.1 cm³/mol. The number of sulfone groups is 1. The fourth-order valence-corrected chi connectivity index (χ4v) is 3.22. The summed E-state index contributed by atoms with van der Waals surface area (Å²) in [5.41, 5.74) is -0.200. The zero-order valence-electron chi connectivity index (χ0n) is 14.2. The minimum Gasteiger partial charge on any atom is -0.449 e. The predicted octanol–water partition coefficient (Wildman–Crippen LogP) is 2.80. The maximum Gasteiger partial charge on any atom is 0.340 e. The third kappa shape index (κ3) is 4.45. The highest BCUT2D eigenvalue weighted by Gasteiger charge is 2.25. The van der Waals surface area contributed by atoms with Crippen molar-refractivity contribution in [2.45, 2.75) is 24.8 Å². The molecular weight excluding hydrogens is 361 g/mol. The van der Waals surface area contributed by atoms with E-state index in [1.807, 2.05) is 0 Å². The van der Waals surface area contributed by atoms with Gasteiger partial charge < -0.3 is 10.1 Å². The lowest BCUT2D eigenvalue weighted by Crippen LogP contribution is -2.30. The number of esters is 1. The maximum atomic E-state index is 13.6. The Morgan fingerprint density at radius 2 is 1.73 bits per heavy atom. The summed E-state index contributed by atoms with van der Waals surface area (Å²) in [6.45, 7) is 2.77. The summed E-state index contributed by atoms with van der Waals surface area (Å²) in [6, 6.07) is 11.2. The maximum absolute atomic E-state index is 13.6. The summed E-state index contributed by atoms with van der Waals surface area (Å²) in [7, 11) is -3.64. The summed E-state index contributed by atoms with van der Waals surface area (Å²) in [5, 5.41) is 2.31. The van der Waals surface area contributed by atoms with Gasteiger partial charge in [0.05, 0.1) is 21.9 Å². The first kappa shape index (κ1) is 19.6. The minimum atomic E-state index is -3.64. The van der Waals surface area contributed by atoms with Crippen LogP contribution in [-0.2, 0) is 19.4 Å². The van der Waals surface area contributed by atoms with E-state index in [0.29, 0.717) is 0 Å². The summed E-state index contributed by atoms with van der Waals surface area (Å²) in [5.74, 6) is -2.49. The molecule has 26 heavy (non-hydrogen) atoms. The number of rotatable bonds is 6. The van der Waals surface area contributed by atoms with Gasteiger partial charge >= 0.3 is 5.97 Å². The van der Waals surface area contributed by atoms with Crippen molar-refractivity contribution in [2.24, 2.45) is 0 Å². The molecule has 2 aromatic rings. The van der Waals surface area contributed by atoms with Crippen molar-refractivity contribution >= 4 is 27.4 Å². The highest BCUT2D eigenvalue weighted by molar-refractivity contribution is 7.91. The van der Waals surface area contributed by atoms with Crippen molar-refractivity contribution < 1.29 is 27.1 Å². The number of anilines is 1. The molecule has 0 unspecified atom stereocenters. The fourth-order valence-electron chi connectivity index (χ4n) is 2.14. The molecule has 0 aliphatic carbocycles. The average Bonchev–Trinajstić information content (AvgIpc) is 2.63. The zero-order chi connectivity index (χ0) is 19.3. The third-order valence-electron chi connectivity index (χ3n) is 3.61. The van der Waals surface area contributed by atoms with E-state index in [1.54, 1.807) is 6.07 Å². The molecule has 0 aromatic heterocycles. The van der Waals surface area contributed by atoms with Gasteiger partial charge in [0.25, 0.3) is 5.91 Å². The molecule has 0 aliphatic rings. The van der Waals surface area contributed by atoms with Crippen LogP contribution in [0.2, 0.25) is 0 Å². The molecule has 0 aliphatic heterocycles. The standard InChI is InChI=1S/C18H18FNO5S/c1-3-26(23,24)16-11-7-4-8-13(16)18(22)25-12(2)17(21)20-15-10-6-5-9-14(15)19/h4-12H,3H2,1-2H3,(H,20,21)/t12-/m0/s1. The topological polar surface area (TPSA) is 89.5 Å². The van der Waals surface area contributed by atoms with Crippen molar-refractivity contribution in [1.29, 1.82) is 0 Å². The van der Waals surface area contributed by atoms with Crippen LogP contribution in [0.3, 0.4) is 0 Å². The second-order valence-corrected chi connectivity index (χ2v) is 7.66. The Bertz CT molecular complexity index is 927. The third-order valence-corrected chi connectivity index (χ3v) is 5.39. The fraction of sp³-hybridized carbons (Fsp3) is 0.222. The molecule has 0 radical (unpaired) electrons. The van der Waals surface area contributed by atoms with Crippen LogP contribution in [-0.4, -0.2) is 32.2 Å². The minimum absolute atomic E-state index is 0.0469. The van der Waals surface area contributed by atoms with Crippen molar-refractivity contribution in [3.8, 4) is 0 Å². The number of hydrogen-bond acceptors (Lipinski definition) is 5. The van der Waals surface area contributed by atoms with Crippen LogP contribution in [0.5, 0.6) is 0 Å². The molecule has 0 heterocycles. The van der Waals surface area contributed by atoms with Gasteiger partial charge in [-0.3, -0.25) is 4.79 Å². The molecule has 1 amide bonds. The molecule has 0 saturated heterocycles. The number of amides is 1. The van der Waals surface area contributed by atoms with E-state index < -0.39 is 33.6 Å². The Morgan fingerprint density at radius 3 is 2.38 bits per heavy atom. The molecule has 2 rings (SSSR count). The van der Waals surface area contributed by atoms with Gasteiger partial charge in [-0.1, -0.05) is 31.2 Å². The van der Waals surface area contributed by atoms with Gasteiger partial charge in [-0.05, 0) is 31.2 Å². The molecule has 1 atom stereocenters. The largest absolute Gasteiger partial charge is 0.449 e. The van der Waals surface area contributed by atoms with E-state index in [2.05, 4.69) is 5.32 Å². The van der Waals surface area contributed by atoms with Crippen LogP contribution < -0.4 is 5.32 Å². The van der Waals surface area contributed by atoms with Crippen LogP contribution in [0.15, 0.2) is 53.4 Å². The first-order chi connectivity index (χ1) is 12.3. The monoisotopic (exact) mass is 379 g/mol. The Kier molecular flexibility index (Phi) is 6.10. The number of para-hydroxylation sites is 1. The van der Waals surface area contributed by atoms with Gasteiger partial charge in [-0.2, -0.15) is 0 Å². The van der Waals surface area contributed by atoms with E-state index in [4.69, 9.17) is 4.74 Å². The molecule has 6 nitrogen and oxygen atoms in total. The molecule has 138 valence electrons.